The number of halogens is 1. The second-order valence-corrected chi connectivity index (χ2v) is 3.68. The molecule has 0 saturated heterocycles. The Morgan fingerprint density at radius 1 is 1.60 bits per heavy atom. The molecule has 1 heterocycles. The number of ether oxygens (including phenoxy) is 1. The van der Waals surface area contributed by atoms with Gasteiger partial charge in [-0.2, -0.15) is 9.37 Å². The van der Waals surface area contributed by atoms with Crippen molar-refractivity contribution in [2.45, 2.75) is 19.3 Å². The van der Waals surface area contributed by atoms with Gasteiger partial charge in [-0.25, -0.2) is 4.98 Å². The first-order valence-electron chi connectivity index (χ1n) is 5.12. The molecule has 1 fully saturated rings. The van der Waals surface area contributed by atoms with Crippen molar-refractivity contribution in [1.82, 2.24) is 9.97 Å². The molecule has 0 unspecified atom stereocenters. The highest BCUT2D eigenvalue weighted by Crippen LogP contribution is 2.32. The summed E-state index contributed by atoms with van der Waals surface area (Å²) in [5, 5.41) is 2.74. The standard InChI is InChI=1S/C10H14FN3O/c1-12-10-13-6-8(11)9(14-10)15-5-4-7-2-3-7/h6-7H,2-5H2,1H3,(H,12,13,14). The van der Waals surface area contributed by atoms with Gasteiger partial charge in [0.1, 0.15) is 0 Å². The number of hydrogen-bond acceptors (Lipinski definition) is 4. The van der Waals surface area contributed by atoms with Gasteiger partial charge in [0.05, 0.1) is 12.8 Å². The zero-order valence-corrected chi connectivity index (χ0v) is 8.66. The van der Waals surface area contributed by atoms with Crippen LogP contribution in [0.1, 0.15) is 19.3 Å². The minimum atomic E-state index is -0.509. The third kappa shape index (κ3) is 2.78. The van der Waals surface area contributed by atoms with Crippen molar-refractivity contribution in [2.75, 3.05) is 19.0 Å². The number of hydrogen-bond donors (Lipinski definition) is 1. The summed E-state index contributed by atoms with van der Waals surface area (Å²) in [6, 6.07) is 0. The van der Waals surface area contributed by atoms with Crippen LogP contribution in [0.4, 0.5) is 10.3 Å². The molecule has 5 heteroatoms. The highest BCUT2D eigenvalue weighted by atomic mass is 19.1. The van der Waals surface area contributed by atoms with Gasteiger partial charge in [-0.15, -0.1) is 0 Å². The molecule has 0 spiro atoms. The fraction of sp³-hybridized carbons (Fsp3) is 0.600. The molecule has 0 atom stereocenters. The lowest BCUT2D eigenvalue weighted by Crippen LogP contribution is -2.05. The first kappa shape index (κ1) is 10.1. The van der Waals surface area contributed by atoms with Gasteiger partial charge in [0.25, 0.3) is 5.88 Å². The van der Waals surface area contributed by atoms with Crippen molar-refractivity contribution < 1.29 is 9.13 Å². The highest BCUT2D eigenvalue weighted by molar-refractivity contribution is 5.27. The highest BCUT2D eigenvalue weighted by Gasteiger charge is 2.21. The van der Waals surface area contributed by atoms with Crippen LogP contribution in [0.3, 0.4) is 0 Å². The molecule has 0 radical (unpaired) electrons. The Labute approximate surface area is 87.9 Å². The van der Waals surface area contributed by atoms with E-state index in [2.05, 4.69) is 15.3 Å². The maximum absolute atomic E-state index is 13.2. The molecule has 1 aromatic rings. The van der Waals surface area contributed by atoms with E-state index in [1.807, 2.05) is 0 Å². The molecule has 4 nitrogen and oxygen atoms in total. The van der Waals surface area contributed by atoms with Crippen molar-refractivity contribution in [2.24, 2.45) is 5.92 Å². The first-order valence-corrected chi connectivity index (χ1v) is 5.12. The van der Waals surface area contributed by atoms with Gasteiger partial charge in [0, 0.05) is 7.05 Å². The number of aromatic nitrogens is 2. The van der Waals surface area contributed by atoms with Crippen LogP contribution >= 0.6 is 0 Å². The topological polar surface area (TPSA) is 47.0 Å². The molecule has 0 aliphatic heterocycles. The van der Waals surface area contributed by atoms with E-state index in [4.69, 9.17) is 4.74 Å². The summed E-state index contributed by atoms with van der Waals surface area (Å²) in [6.45, 7) is 0.530. The van der Waals surface area contributed by atoms with Crippen molar-refractivity contribution in [3.05, 3.63) is 12.0 Å². The molecule has 1 saturated carbocycles. The lowest BCUT2D eigenvalue weighted by molar-refractivity contribution is 0.275. The molecule has 1 N–H and O–H groups in total. The van der Waals surface area contributed by atoms with Gasteiger partial charge in [-0.05, 0) is 12.3 Å². The summed E-state index contributed by atoms with van der Waals surface area (Å²) >= 11 is 0. The smallest absolute Gasteiger partial charge is 0.255 e. The molecular formula is C10H14FN3O. The number of nitrogens with one attached hydrogen (secondary N) is 1. The molecular weight excluding hydrogens is 197 g/mol. The Morgan fingerprint density at radius 2 is 2.40 bits per heavy atom. The average molecular weight is 211 g/mol. The van der Waals surface area contributed by atoms with E-state index in [1.54, 1.807) is 7.05 Å². The van der Waals surface area contributed by atoms with E-state index in [0.29, 0.717) is 12.6 Å². The van der Waals surface area contributed by atoms with E-state index >= 15 is 0 Å². The van der Waals surface area contributed by atoms with Crippen molar-refractivity contribution in [3.8, 4) is 5.88 Å². The summed E-state index contributed by atoms with van der Waals surface area (Å²) in [7, 11) is 1.68. The second kappa shape index (κ2) is 4.42. The first-order chi connectivity index (χ1) is 7.29. The SMILES string of the molecule is CNc1ncc(F)c(OCCC2CC2)n1. The molecule has 0 aromatic carbocycles. The molecule has 15 heavy (non-hydrogen) atoms. The lowest BCUT2D eigenvalue weighted by atomic mass is 10.3. The van der Waals surface area contributed by atoms with Crippen LogP contribution in [0.15, 0.2) is 6.20 Å². The van der Waals surface area contributed by atoms with Gasteiger partial charge in [0.15, 0.2) is 0 Å². The molecule has 0 bridgehead atoms. The van der Waals surface area contributed by atoms with Gasteiger partial charge < -0.3 is 10.1 Å². The van der Waals surface area contributed by atoms with Gasteiger partial charge in [-0.3, -0.25) is 0 Å². The molecule has 2 rings (SSSR count). The van der Waals surface area contributed by atoms with E-state index < -0.39 is 5.82 Å². The van der Waals surface area contributed by atoms with E-state index in [1.165, 1.54) is 12.8 Å². The molecule has 1 aromatic heterocycles. The number of nitrogens with zero attached hydrogens (tertiary/aromatic N) is 2. The zero-order chi connectivity index (χ0) is 10.7. The van der Waals surface area contributed by atoms with Crippen LogP contribution in [-0.4, -0.2) is 23.6 Å². The number of rotatable bonds is 5. The van der Waals surface area contributed by atoms with Crippen LogP contribution in [0.25, 0.3) is 0 Å². The third-order valence-corrected chi connectivity index (χ3v) is 2.40. The van der Waals surface area contributed by atoms with Crippen molar-refractivity contribution >= 4 is 5.95 Å². The van der Waals surface area contributed by atoms with Crippen molar-refractivity contribution in [3.63, 3.8) is 0 Å². The molecule has 1 aliphatic carbocycles. The van der Waals surface area contributed by atoms with E-state index in [-0.39, 0.29) is 5.88 Å². The van der Waals surface area contributed by atoms with Gasteiger partial charge in [-0.1, -0.05) is 12.8 Å². The Balaban J connectivity index is 1.92. The predicted octanol–water partition coefficient (Wildman–Crippen LogP) is 1.84. The van der Waals surface area contributed by atoms with Crippen LogP contribution in [0, 0.1) is 11.7 Å². The summed E-state index contributed by atoms with van der Waals surface area (Å²) in [6.07, 6.45) is 4.65. The lowest BCUT2D eigenvalue weighted by Gasteiger charge is -2.06. The monoisotopic (exact) mass is 211 g/mol. The minimum absolute atomic E-state index is 0.0370. The van der Waals surface area contributed by atoms with E-state index in [9.17, 15) is 4.39 Å². The summed E-state index contributed by atoms with van der Waals surface area (Å²) in [5.41, 5.74) is 0. The van der Waals surface area contributed by atoms with Gasteiger partial charge in [0.2, 0.25) is 11.8 Å². The fourth-order valence-electron chi connectivity index (χ4n) is 1.30. The largest absolute Gasteiger partial charge is 0.475 e. The normalized spacial score (nSPS) is 15.1. The third-order valence-electron chi connectivity index (χ3n) is 2.40. The summed E-state index contributed by atoms with van der Waals surface area (Å²) in [5.74, 6) is 0.677. The second-order valence-electron chi connectivity index (χ2n) is 3.68. The Hall–Kier alpha value is -1.39. The average Bonchev–Trinajstić information content (AvgIpc) is 3.05. The van der Waals surface area contributed by atoms with Crippen LogP contribution in [0.5, 0.6) is 5.88 Å². The maximum atomic E-state index is 13.2. The van der Waals surface area contributed by atoms with Crippen LogP contribution < -0.4 is 10.1 Å². The Kier molecular flexibility index (Phi) is 2.99. The number of anilines is 1. The fourth-order valence-corrected chi connectivity index (χ4v) is 1.30. The van der Waals surface area contributed by atoms with Crippen LogP contribution in [0.2, 0.25) is 0 Å². The van der Waals surface area contributed by atoms with Gasteiger partial charge >= 0.3 is 0 Å². The van der Waals surface area contributed by atoms with E-state index in [0.717, 1.165) is 18.5 Å². The zero-order valence-electron chi connectivity index (χ0n) is 8.66. The summed E-state index contributed by atoms with van der Waals surface area (Å²) < 4.78 is 18.4. The Morgan fingerprint density at radius 3 is 3.07 bits per heavy atom. The quantitative estimate of drug-likeness (QED) is 0.807. The maximum Gasteiger partial charge on any atom is 0.255 e. The minimum Gasteiger partial charge on any atom is -0.475 e. The predicted molar refractivity (Wildman–Crippen MR) is 54.4 cm³/mol. The molecule has 82 valence electrons. The van der Waals surface area contributed by atoms with Crippen LogP contribution in [-0.2, 0) is 0 Å². The molecule has 1 aliphatic rings. The summed E-state index contributed by atoms with van der Waals surface area (Å²) in [4.78, 5) is 7.62. The molecule has 0 amide bonds. The Bertz CT molecular complexity index is 341. The van der Waals surface area contributed by atoms with Crippen molar-refractivity contribution in [1.29, 1.82) is 0 Å².